The molecule has 0 aliphatic carbocycles. The van der Waals surface area contributed by atoms with Gasteiger partial charge in [0.15, 0.2) is 0 Å². The summed E-state index contributed by atoms with van der Waals surface area (Å²) in [5, 5.41) is 21.8. The molecule has 0 unspecified atom stereocenters. The number of aromatic nitrogens is 1. The Morgan fingerprint density at radius 3 is 2.93 bits per heavy atom. The molecule has 0 fully saturated rings. The number of rotatable bonds is 8. The Bertz CT molecular complexity index is 992. The summed E-state index contributed by atoms with van der Waals surface area (Å²) in [4.78, 5) is 16.6. The Kier molecular flexibility index (Phi) is 6.30. The lowest BCUT2D eigenvalue weighted by Gasteiger charge is -2.34. The van der Waals surface area contributed by atoms with Gasteiger partial charge in [-0.3, -0.25) is 4.79 Å². The molecule has 3 atom stereocenters. The molecular weight excluding hydrogens is 396 g/mol. The third-order valence-electron chi connectivity index (χ3n) is 5.36. The molecule has 3 heterocycles. The zero-order valence-corrected chi connectivity index (χ0v) is 17.7. The smallest absolute Gasteiger partial charge is 0.307 e. The van der Waals surface area contributed by atoms with E-state index in [0.717, 1.165) is 30.2 Å². The van der Waals surface area contributed by atoms with Gasteiger partial charge >= 0.3 is 5.97 Å². The second-order valence-electron chi connectivity index (χ2n) is 7.66. The number of hydrogen-bond acceptors (Lipinski definition) is 6. The van der Waals surface area contributed by atoms with Crippen LogP contribution in [0.3, 0.4) is 0 Å². The van der Waals surface area contributed by atoms with E-state index in [9.17, 15) is 4.79 Å². The fourth-order valence-corrected chi connectivity index (χ4v) is 4.76. The maximum atomic E-state index is 11.0. The molecule has 0 saturated heterocycles. The first-order valence-corrected chi connectivity index (χ1v) is 11.0. The van der Waals surface area contributed by atoms with Crippen molar-refractivity contribution in [3.8, 4) is 0 Å². The molecule has 4 rings (SSSR count). The monoisotopic (exact) mass is 422 g/mol. The van der Waals surface area contributed by atoms with Crippen molar-refractivity contribution in [2.24, 2.45) is 0 Å². The topological polar surface area (TPSA) is 86.3 Å². The van der Waals surface area contributed by atoms with Gasteiger partial charge in [0.05, 0.1) is 24.2 Å². The summed E-state index contributed by atoms with van der Waals surface area (Å²) in [7, 11) is 0. The summed E-state index contributed by atoms with van der Waals surface area (Å²) in [6.07, 6.45) is 1.88. The molecule has 3 aromatic rings. The zero-order valence-electron chi connectivity index (χ0n) is 16.8. The molecule has 1 aliphatic heterocycles. The van der Waals surface area contributed by atoms with Crippen LogP contribution in [0.2, 0.25) is 0 Å². The summed E-state index contributed by atoms with van der Waals surface area (Å²) in [5.74, 6) is 0.367. The first kappa shape index (κ1) is 20.4. The normalized spacial score (nSPS) is 17.3. The van der Waals surface area contributed by atoms with E-state index in [1.54, 1.807) is 17.5 Å². The number of aliphatic carboxylic acids is 1. The molecule has 0 spiro atoms. The predicted octanol–water partition coefficient (Wildman–Crippen LogP) is 4.11. The Hall–Kier alpha value is -2.90. The number of benzene rings is 1. The minimum absolute atomic E-state index is 0.0767. The van der Waals surface area contributed by atoms with Gasteiger partial charge in [-0.1, -0.05) is 37.3 Å². The highest BCUT2D eigenvalue weighted by atomic mass is 32.1. The molecule has 0 bridgehead atoms. The Balaban J connectivity index is 1.47. The highest BCUT2D eigenvalue weighted by Crippen LogP contribution is 2.29. The maximum Gasteiger partial charge on any atom is 0.307 e. The Labute approximate surface area is 180 Å². The van der Waals surface area contributed by atoms with Crippen LogP contribution in [0, 0.1) is 0 Å². The summed E-state index contributed by atoms with van der Waals surface area (Å²) < 4.78 is 0. The number of anilines is 2. The minimum Gasteiger partial charge on any atom is -0.481 e. The number of carboxylic acid groups (broad SMARTS) is 1. The van der Waals surface area contributed by atoms with Gasteiger partial charge in [-0.2, -0.15) is 0 Å². The Morgan fingerprint density at radius 1 is 1.30 bits per heavy atom. The summed E-state index contributed by atoms with van der Waals surface area (Å²) in [6.45, 7) is 3.76. The van der Waals surface area contributed by atoms with Gasteiger partial charge in [-0.25, -0.2) is 4.98 Å². The average molecular weight is 423 g/mol. The van der Waals surface area contributed by atoms with Crippen LogP contribution >= 0.6 is 11.3 Å². The molecule has 0 saturated carbocycles. The SMILES string of the molecule is C[C@H](CN[C@H](c1ccccc1)[C@H]1CNc2cccnc2N1)c1cc(CC(=O)O)cs1. The number of pyridine rings is 1. The van der Waals surface area contributed by atoms with Crippen LogP contribution in [0.4, 0.5) is 11.5 Å². The fourth-order valence-electron chi connectivity index (χ4n) is 3.79. The van der Waals surface area contributed by atoms with Crippen molar-refractivity contribution in [1.29, 1.82) is 0 Å². The molecule has 156 valence electrons. The van der Waals surface area contributed by atoms with E-state index in [1.807, 2.05) is 29.6 Å². The largest absolute Gasteiger partial charge is 0.481 e. The molecular formula is C23H26N4O2S. The molecule has 1 aromatic carbocycles. The van der Waals surface area contributed by atoms with E-state index in [4.69, 9.17) is 5.11 Å². The number of carbonyl (C=O) groups is 1. The number of nitrogens with zero attached hydrogens (tertiary/aromatic N) is 1. The molecule has 0 amide bonds. The lowest BCUT2D eigenvalue weighted by molar-refractivity contribution is -0.136. The van der Waals surface area contributed by atoms with Crippen molar-refractivity contribution in [3.63, 3.8) is 0 Å². The van der Waals surface area contributed by atoms with Crippen molar-refractivity contribution in [3.05, 3.63) is 76.1 Å². The van der Waals surface area contributed by atoms with Gasteiger partial charge in [0, 0.05) is 30.1 Å². The molecule has 0 radical (unpaired) electrons. The first-order valence-electron chi connectivity index (χ1n) is 10.1. The van der Waals surface area contributed by atoms with Gasteiger partial charge in [0.2, 0.25) is 0 Å². The van der Waals surface area contributed by atoms with Crippen LogP contribution < -0.4 is 16.0 Å². The van der Waals surface area contributed by atoms with E-state index in [2.05, 4.69) is 52.1 Å². The molecule has 6 nitrogen and oxygen atoms in total. The summed E-state index contributed by atoms with van der Waals surface area (Å²) in [5.41, 5.74) is 3.12. The van der Waals surface area contributed by atoms with E-state index in [-0.39, 0.29) is 24.4 Å². The van der Waals surface area contributed by atoms with Crippen LogP contribution in [0.15, 0.2) is 60.1 Å². The fraction of sp³-hybridized carbons (Fsp3) is 0.304. The molecule has 1 aliphatic rings. The first-order chi connectivity index (χ1) is 14.6. The van der Waals surface area contributed by atoms with Crippen LogP contribution in [-0.4, -0.2) is 35.2 Å². The van der Waals surface area contributed by atoms with Gasteiger partial charge < -0.3 is 21.1 Å². The Morgan fingerprint density at radius 2 is 2.13 bits per heavy atom. The van der Waals surface area contributed by atoms with Gasteiger partial charge in [0.25, 0.3) is 0 Å². The molecule has 4 N–H and O–H groups in total. The van der Waals surface area contributed by atoms with Gasteiger partial charge in [-0.05, 0) is 34.7 Å². The van der Waals surface area contributed by atoms with Crippen molar-refractivity contribution in [2.45, 2.75) is 31.3 Å². The summed E-state index contributed by atoms with van der Waals surface area (Å²) >= 11 is 1.63. The third-order valence-corrected chi connectivity index (χ3v) is 6.58. The molecule has 30 heavy (non-hydrogen) atoms. The van der Waals surface area contributed by atoms with Gasteiger partial charge in [0.1, 0.15) is 5.82 Å². The van der Waals surface area contributed by atoms with E-state index in [1.165, 1.54) is 10.4 Å². The second kappa shape index (κ2) is 9.28. The minimum atomic E-state index is -0.793. The van der Waals surface area contributed by atoms with Crippen molar-refractivity contribution in [2.75, 3.05) is 23.7 Å². The zero-order chi connectivity index (χ0) is 20.9. The van der Waals surface area contributed by atoms with Crippen LogP contribution in [0.1, 0.15) is 34.9 Å². The highest BCUT2D eigenvalue weighted by Gasteiger charge is 2.27. The number of fused-ring (bicyclic) bond motifs is 1. The van der Waals surface area contributed by atoms with Crippen molar-refractivity contribution < 1.29 is 9.90 Å². The number of hydrogen-bond donors (Lipinski definition) is 4. The second-order valence-corrected chi connectivity index (χ2v) is 8.60. The maximum absolute atomic E-state index is 11.0. The van der Waals surface area contributed by atoms with Gasteiger partial charge in [-0.15, -0.1) is 11.3 Å². The van der Waals surface area contributed by atoms with Crippen LogP contribution in [-0.2, 0) is 11.2 Å². The third kappa shape index (κ3) is 4.80. The standard InChI is InChI=1S/C23H26N4O2S/c1-15(20-10-16(14-30-20)11-21(28)29)12-26-22(17-6-3-2-4-7-17)19-13-25-18-8-5-9-24-23(18)27-19/h2-10,14-15,19,22,25-26H,11-13H2,1H3,(H,24,27)(H,28,29)/t15-,19-,22-/m1/s1. The number of nitrogens with one attached hydrogen (secondary N) is 3. The predicted molar refractivity (Wildman–Crippen MR) is 121 cm³/mol. The van der Waals surface area contributed by atoms with E-state index in [0.29, 0.717) is 0 Å². The van der Waals surface area contributed by atoms with Crippen LogP contribution in [0.25, 0.3) is 0 Å². The average Bonchev–Trinajstić information content (AvgIpc) is 3.22. The van der Waals surface area contributed by atoms with E-state index >= 15 is 0 Å². The highest BCUT2D eigenvalue weighted by molar-refractivity contribution is 7.10. The van der Waals surface area contributed by atoms with Crippen LogP contribution in [0.5, 0.6) is 0 Å². The summed E-state index contributed by atoms with van der Waals surface area (Å²) in [6, 6.07) is 16.7. The lowest BCUT2D eigenvalue weighted by Crippen LogP contribution is -2.45. The molecule has 2 aromatic heterocycles. The number of carboxylic acids is 1. The van der Waals surface area contributed by atoms with Crippen molar-refractivity contribution >= 4 is 28.8 Å². The lowest BCUT2D eigenvalue weighted by atomic mass is 9.96. The van der Waals surface area contributed by atoms with Crippen molar-refractivity contribution in [1.82, 2.24) is 10.3 Å². The number of thiophene rings is 1. The molecule has 7 heteroatoms. The van der Waals surface area contributed by atoms with E-state index < -0.39 is 5.97 Å². The quantitative estimate of drug-likeness (QED) is 0.437.